The number of benzene rings is 2. The molecule has 0 bridgehead atoms. The Labute approximate surface area is 225 Å². The number of rotatable bonds is 7. The van der Waals surface area contributed by atoms with Crippen LogP contribution in [-0.4, -0.2) is 36.5 Å². The van der Waals surface area contributed by atoms with E-state index >= 15 is 0 Å². The average molecular weight is 500 g/mol. The van der Waals surface area contributed by atoms with E-state index in [-0.39, 0.29) is 16.2 Å². The summed E-state index contributed by atoms with van der Waals surface area (Å²) in [6.45, 7) is 22.8. The van der Waals surface area contributed by atoms with Crippen LogP contribution in [0.1, 0.15) is 103 Å². The summed E-state index contributed by atoms with van der Waals surface area (Å²) < 4.78 is 9.09. The number of unbranched alkanes of at least 4 members (excludes halogenated alkanes) is 1. The van der Waals surface area contributed by atoms with Crippen molar-refractivity contribution in [2.24, 2.45) is 0 Å². The summed E-state index contributed by atoms with van der Waals surface area (Å²) in [6.07, 6.45) is 9.51. The Morgan fingerprint density at radius 3 is 2.32 bits per heavy atom. The molecule has 0 N–H and O–H groups in total. The molecule has 0 amide bonds. The molecular formula is C34H47N2O+. The first kappa shape index (κ1) is 26.1. The monoisotopic (exact) mass is 499 g/mol. The highest BCUT2D eigenvalue weighted by atomic mass is 16.5. The van der Waals surface area contributed by atoms with Crippen LogP contribution in [0.15, 0.2) is 36.4 Å². The normalized spacial score (nSPS) is 20.8. The Morgan fingerprint density at radius 1 is 0.919 bits per heavy atom. The molecule has 5 rings (SSSR count). The third-order valence-electron chi connectivity index (χ3n) is 9.26. The molecule has 0 aromatic heterocycles. The van der Waals surface area contributed by atoms with Crippen LogP contribution in [0.25, 0.3) is 6.08 Å². The summed E-state index contributed by atoms with van der Waals surface area (Å²) in [5.41, 5.74) is 9.99. The Kier molecular flexibility index (Phi) is 6.57. The second kappa shape index (κ2) is 9.33. The van der Waals surface area contributed by atoms with Crippen molar-refractivity contribution in [3.8, 4) is 5.75 Å². The fourth-order valence-electron chi connectivity index (χ4n) is 6.86. The van der Waals surface area contributed by atoms with E-state index in [1.807, 2.05) is 0 Å². The molecule has 0 atom stereocenters. The van der Waals surface area contributed by atoms with Crippen LogP contribution in [0.3, 0.4) is 0 Å². The van der Waals surface area contributed by atoms with Crippen molar-refractivity contribution in [2.75, 3.05) is 31.1 Å². The highest BCUT2D eigenvalue weighted by molar-refractivity contribution is 6.05. The van der Waals surface area contributed by atoms with Crippen molar-refractivity contribution in [3.63, 3.8) is 0 Å². The first-order valence-electron chi connectivity index (χ1n) is 14.5. The quantitative estimate of drug-likeness (QED) is 0.357. The van der Waals surface area contributed by atoms with Crippen LogP contribution in [0.5, 0.6) is 5.75 Å². The lowest BCUT2D eigenvalue weighted by molar-refractivity contribution is -0.438. The lowest BCUT2D eigenvalue weighted by Crippen LogP contribution is -2.45. The molecule has 0 saturated heterocycles. The van der Waals surface area contributed by atoms with Crippen LogP contribution >= 0.6 is 0 Å². The number of hydrogen-bond donors (Lipinski definition) is 0. The number of fused-ring (bicyclic) bond motifs is 1. The third kappa shape index (κ3) is 4.23. The third-order valence-corrected chi connectivity index (χ3v) is 9.26. The Hall–Kier alpha value is -2.55. The maximum absolute atomic E-state index is 6.53. The molecule has 37 heavy (non-hydrogen) atoms. The number of ether oxygens (including phenoxy) is 1. The maximum Gasteiger partial charge on any atom is 0.209 e. The van der Waals surface area contributed by atoms with Crippen molar-refractivity contribution in [3.05, 3.63) is 58.7 Å². The van der Waals surface area contributed by atoms with Crippen LogP contribution in [0.2, 0.25) is 0 Å². The molecule has 0 fully saturated rings. The number of para-hydroxylation sites is 1. The average Bonchev–Trinajstić information content (AvgIpc) is 3.06. The van der Waals surface area contributed by atoms with Gasteiger partial charge in [0.15, 0.2) is 5.71 Å². The van der Waals surface area contributed by atoms with E-state index in [1.165, 1.54) is 58.6 Å². The van der Waals surface area contributed by atoms with Gasteiger partial charge in [0.1, 0.15) is 12.3 Å². The van der Waals surface area contributed by atoms with Crippen molar-refractivity contribution in [2.45, 2.75) is 97.3 Å². The van der Waals surface area contributed by atoms with Crippen LogP contribution < -0.4 is 9.64 Å². The predicted molar refractivity (Wildman–Crippen MR) is 158 cm³/mol. The summed E-state index contributed by atoms with van der Waals surface area (Å²) in [6, 6.07) is 11.4. The highest BCUT2D eigenvalue weighted by Crippen LogP contribution is 2.54. The molecule has 0 spiro atoms. The Bertz CT molecular complexity index is 1260. The van der Waals surface area contributed by atoms with E-state index in [2.05, 4.69) is 107 Å². The summed E-state index contributed by atoms with van der Waals surface area (Å²) in [5, 5.41) is 0. The largest absolute Gasteiger partial charge is 0.493 e. The van der Waals surface area contributed by atoms with E-state index < -0.39 is 0 Å². The van der Waals surface area contributed by atoms with Crippen LogP contribution in [0, 0.1) is 0 Å². The van der Waals surface area contributed by atoms with Gasteiger partial charge in [0.25, 0.3) is 0 Å². The molecule has 3 aliphatic heterocycles. The van der Waals surface area contributed by atoms with Gasteiger partial charge in [-0.2, -0.15) is 4.58 Å². The second-order valence-corrected chi connectivity index (χ2v) is 13.1. The van der Waals surface area contributed by atoms with Gasteiger partial charge in [-0.25, -0.2) is 0 Å². The lowest BCUT2D eigenvalue weighted by atomic mass is 9.68. The minimum Gasteiger partial charge on any atom is -0.493 e. The van der Waals surface area contributed by atoms with E-state index in [0.29, 0.717) is 6.61 Å². The van der Waals surface area contributed by atoms with Crippen molar-refractivity contribution in [1.29, 1.82) is 0 Å². The zero-order valence-electron chi connectivity index (χ0n) is 24.5. The minimum absolute atomic E-state index is 0.0373. The molecule has 0 radical (unpaired) electrons. The van der Waals surface area contributed by atoms with E-state index in [4.69, 9.17) is 4.74 Å². The minimum atomic E-state index is -0.0373. The molecule has 2 aromatic rings. The highest BCUT2D eigenvalue weighted by Gasteiger charge is 2.45. The predicted octanol–water partition coefficient (Wildman–Crippen LogP) is 8.14. The summed E-state index contributed by atoms with van der Waals surface area (Å²) in [7, 11) is 0. The fourth-order valence-corrected chi connectivity index (χ4v) is 6.86. The molecule has 198 valence electrons. The molecule has 0 saturated carbocycles. The number of anilines is 1. The zero-order valence-corrected chi connectivity index (χ0v) is 24.5. The lowest BCUT2D eigenvalue weighted by Gasteiger charge is -2.48. The number of allylic oxidation sites excluding steroid dienone is 1. The van der Waals surface area contributed by atoms with Gasteiger partial charge < -0.3 is 9.64 Å². The fraction of sp³-hybridized carbons (Fsp3) is 0.559. The topological polar surface area (TPSA) is 15.5 Å². The molecule has 0 unspecified atom stereocenters. The van der Waals surface area contributed by atoms with Gasteiger partial charge >= 0.3 is 0 Å². The molecular weight excluding hydrogens is 452 g/mol. The summed E-state index contributed by atoms with van der Waals surface area (Å²) >= 11 is 0. The van der Waals surface area contributed by atoms with Crippen molar-refractivity contribution >= 4 is 23.2 Å². The smallest absolute Gasteiger partial charge is 0.209 e. The van der Waals surface area contributed by atoms with Gasteiger partial charge in [-0.3, -0.25) is 0 Å². The maximum atomic E-state index is 6.53. The molecule has 3 heteroatoms. The van der Waals surface area contributed by atoms with E-state index in [9.17, 15) is 0 Å². The zero-order chi connectivity index (χ0) is 26.6. The molecule has 3 heterocycles. The molecule has 3 aliphatic rings. The SMILES string of the molecule is CCCC[N+]1=C(/C=C/c2cc3c4c(c2OCC)C(C)(C)CCN4CCC3(C)C)C(C)(C)c2ccccc21. The standard InChI is InChI=1S/C34H47N2O/c1-9-11-20-36-27-15-13-12-14-25(27)34(7,8)28(36)17-16-24-23-26-30-29(31(24)37-10-2)33(5,6)19-22-35(30)21-18-32(26,3)4/h12-17,23H,9-11,18-22H2,1-8H3/q+1. The Morgan fingerprint density at radius 2 is 1.62 bits per heavy atom. The Balaban J connectivity index is 1.71. The first-order valence-corrected chi connectivity index (χ1v) is 14.5. The van der Waals surface area contributed by atoms with Gasteiger partial charge in [0.2, 0.25) is 5.69 Å². The van der Waals surface area contributed by atoms with Crippen LogP contribution in [-0.2, 0) is 16.2 Å². The van der Waals surface area contributed by atoms with Crippen molar-refractivity contribution < 1.29 is 9.31 Å². The van der Waals surface area contributed by atoms with Gasteiger partial charge in [-0.05, 0) is 62.1 Å². The first-order chi connectivity index (χ1) is 17.5. The van der Waals surface area contributed by atoms with Gasteiger partial charge in [0, 0.05) is 54.0 Å². The molecule has 0 aliphatic carbocycles. The number of nitrogens with zero attached hydrogens (tertiary/aromatic N) is 2. The van der Waals surface area contributed by atoms with Gasteiger partial charge in [-0.1, -0.05) is 59.2 Å². The number of hydrogen-bond acceptors (Lipinski definition) is 2. The van der Waals surface area contributed by atoms with Gasteiger partial charge in [0.05, 0.1) is 12.0 Å². The summed E-state index contributed by atoms with van der Waals surface area (Å²) in [4.78, 5) is 2.63. The second-order valence-electron chi connectivity index (χ2n) is 13.1. The van der Waals surface area contributed by atoms with Gasteiger partial charge in [-0.15, -0.1) is 0 Å². The van der Waals surface area contributed by atoms with Crippen molar-refractivity contribution in [1.82, 2.24) is 0 Å². The molecule has 3 nitrogen and oxygen atoms in total. The van der Waals surface area contributed by atoms with E-state index in [1.54, 1.807) is 0 Å². The molecule has 2 aromatic carbocycles. The summed E-state index contributed by atoms with van der Waals surface area (Å²) in [5.74, 6) is 1.10. The van der Waals surface area contributed by atoms with Crippen LogP contribution in [0.4, 0.5) is 11.4 Å². The van der Waals surface area contributed by atoms with E-state index in [0.717, 1.165) is 31.8 Å².